The van der Waals surface area contributed by atoms with Crippen molar-refractivity contribution < 1.29 is 14.7 Å². The Bertz CT molecular complexity index is 504. The van der Waals surface area contributed by atoms with Crippen LogP contribution in [-0.4, -0.2) is 24.0 Å². The topological polar surface area (TPSA) is 57.6 Å². The second-order valence-corrected chi connectivity index (χ2v) is 5.68. The molecule has 4 heteroatoms. The smallest absolute Gasteiger partial charge is 0.337 e. The van der Waals surface area contributed by atoms with Gasteiger partial charge in [0.15, 0.2) is 0 Å². The van der Waals surface area contributed by atoms with Gasteiger partial charge in [0, 0.05) is 13.0 Å². The lowest BCUT2D eigenvalue weighted by Gasteiger charge is -2.29. The zero-order valence-electron chi connectivity index (χ0n) is 12.0. The van der Waals surface area contributed by atoms with Gasteiger partial charge >= 0.3 is 5.97 Å². The summed E-state index contributed by atoms with van der Waals surface area (Å²) in [5.74, 6) is -0.253. The first-order valence-electron chi connectivity index (χ1n) is 7.10. The fraction of sp³-hybridized carbons (Fsp3) is 0.500. The molecule has 1 N–H and O–H groups in total. The van der Waals surface area contributed by atoms with Gasteiger partial charge in [-0.25, -0.2) is 4.79 Å². The summed E-state index contributed by atoms with van der Waals surface area (Å²) in [6.07, 6.45) is 3.95. The maximum Gasteiger partial charge on any atom is 0.337 e. The van der Waals surface area contributed by atoms with Crippen molar-refractivity contribution >= 4 is 17.6 Å². The van der Waals surface area contributed by atoms with E-state index >= 15 is 0 Å². The maximum absolute atomic E-state index is 12.5. The van der Waals surface area contributed by atoms with Crippen LogP contribution >= 0.6 is 0 Å². The molecule has 1 amide bonds. The highest BCUT2D eigenvalue weighted by Crippen LogP contribution is 2.31. The van der Waals surface area contributed by atoms with E-state index in [0.29, 0.717) is 11.6 Å². The van der Waals surface area contributed by atoms with E-state index in [1.54, 1.807) is 25.2 Å². The van der Waals surface area contributed by atoms with E-state index in [-0.39, 0.29) is 17.4 Å². The van der Waals surface area contributed by atoms with E-state index in [1.165, 1.54) is 11.0 Å². The molecule has 0 radical (unpaired) electrons. The summed E-state index contributed by atoms with van der Waals surface area (Å²) < 4.78 is 0. The van der Waals surface area contributed by atoms with E-state index in [1.807, 2.05) is 0 Å². The largest absolute Gasteiger partial charge is 0.478 e. The first kappa shape index (κ1) is 14.6. The van der Waals surface area contributed by atoms with Crippen LogP contribution in [0.25, 0.3) is 0 Å². The second kappa shape index (κ2) is 6.07. The molecule has 0 aromatic heterocycles. The third-order valence-corrected chi connectivity index (χ3v) is 4.19. The van der Waals surface area contributed by atoms with Gasteiger partial charge in [0.05, 0.1) is 11.3 Å². The monoisotopic (exact) mass is 275 g/mol. The fourth-order valence-corrected chi connectivity index (χ4v) is 2.85. The molecule has 0 spiro atoms. The molecule has 4 nitrogen and oxygen atoms in total. The Balaban J connectivity index is 2.17. The lowest BCUT2D eigenvalue weighted by atomic mass is 9.82. The molecule has 0 unspecified atom stereocenters. The van der Waals surface area contributed by atoms with Gasteiger partial charge in [-0.3, -0.25) is 4.79 Å². The number of para-hydroxylation sites is 1. The minimum absolute atomic E-state index is 0.0260. The maximum atomic E-state index is 12.5. The van der Waals surface area contributed by atoms with Crippen molar-refractivity contribution in [2.24, 2.45) is 11.8 Å². The van der Waals surface area contributed by atoms with Crippen LogP contribution in [0, 0.1) is 11.8 Å². The molecule has 1 aliphatic rings. The Kier molecular flexibility index (Phi) is 4.42. The number of hydrogen-bond acceptors (Lipinski definition) is 2. The normalized spacial score (nSPS) is 22.3. The first-order valence-corrected chi connectivity index (χ1v) is 7.10. The Labute approximate surface area is 119 Å². The minimum Gasteiger partial charge on any atom is -0.478 e. The number of hydrogen-bond donors (Lipinski definition) is 1. The van der Waals surface area contributed by atoms with Crippen molar-refractivity contribution in [2.45, 2.75) is 32.6 Å². The number of anilines is 1. The molecule has 0 saturated heterocycles. The zero-order valence-corrected chi connectivity index (χ0v) is 12.0. The highest BCUT2D eigenvalue weighted by molar-refractivity contribution is 6.02. The van der Waals surface area contributed by atoms with Gasteiger partial charge in [-0.05, 0) is 43.7 Å². The van der Waals surface area contributed by atoms with Crippen molar-refractivity contribution in [3.63, 3.8) is 0 Å². The van der Waals surface area contributed by atoms with E-state index < -0.39 is 5.97 Å². The Hall–Kier alpha value is -1.84. The van der Waals surface area contributed by atoms with Gasteiger partial charge in [0.25, 0.3) is 0 Å². The predicted octanol–water partition coefficient (Wildman–Crippen LogP) is 3.17. The number of carbonyl (C=O) groups is 2. The Morgan fingerprint density at radius 2 is 1.75 bits per heavy atom. The molecule has 0 aliphatic heterocycles. The van der Waals surface area contributed by atoms with Gasteiger partial charge in [0.2, 0.25) is 5.91 Å². The van der Waals surface area contributed by atoms with Crippen LogP contribution in [0.15, 0.2) is 24.3 Å². The molecule has 20 heavy (non-hydrogen) atoms. The summed E-state index contributed by atoms with van der Waals surface area (Å²) in [7, 11) is 1.67. The van der Waals surface area contributed by atoms with Crippen LogP contribution in [0.3, 0.4) is 0 Å². The summed E-state index contributed by atoms with van der Waals surface area (Å²) in [4.78, 5) is 25.2. The number of carboxylic acids is 1. The third-order valence-electron chi connectivity index (χ3n) is 4.19. The molecule has 108 valence electrons. The predicted molar refractivity (Wildman–Crippen MR) is 77.9 cm³/mol. The fourth-order valence-electron chi connectivity index (χ4n) is 2.85. The molecule has 1 saturated carbocycles. The van der Waals surface area contributed by atoms with Crippen molar-refractivity contribution in [3.8, 4) is 0 Å². The van der Waals surface area contributed by atoms with E-state index in [9.17, 15) is 14.7 Å². The number of aromatic carboxylic acids is 1. The van der Waals surface area contributed by atoms with Crippen molar-refractivity contribution in [1.29, 1.82) is 0 Å². The number of benzene rings is 1. The quantitative estimate of drug-likeness (QED) is 0.921. The summed E-state index contributed by atoms with van der Waals surface area (Å²) in [6.45, 7) is 2.21. The number of rotatable bonds is 3. The first-order chi connectivity index (χ1) is 9.50. The minimum atomic E-state index is -1.00. The molecule has 1 fully saturated rings. The van der Waals surface area contributed by atoms with Gasteiger partial charge in [-0.2, -0.15) is 0 Å². The lowest BCUT2D eigenvalue weighted by molar-refractivity contribution is -0.123. The van der Waals surface area contributed by atoms with Gasteiger partial charge < -0.3 is 10.0 Å². The molecule has 1 aromatic rings. The van der Waals surface area contributed by atoms with Gasteiger partial charge in [0.1, 0.15) is 0 Å². The number of carboxylic acid groups (broad SMARTS) is 1. The number of carbonyl (C=O) groups excluding carboxylic acids is 1. The average molecular weight is 275 g/mol. The molecule has 1 aliphatic carbocycles. The lowest BCUT2D eigenvalue weighted by Crippen LogP contribution is -2.35. The third kappa shape index (κ3) is 3.00. The van der Waals surface area contributed by atoms with Crippen LogP contribution in [0.4, 0.5) is 5.69 Å². The number of nitrogens with zero attached hydrogens (tertiary/aromatic N) is 1. The summed E-state index contributed by atoms with van der Waals surface area (Å²) in [5.41, 5.74) is 0.649. The second-order valence-electron chi connectivity index (χ2n) is 5.68. The highest BCUT2D eigenvalue weighted by atomic mass is 16.4. The summed E-state index contributed by atoms with van der Waals surface area (Å²) in [6, 6.07) is 6.65. The molecule has 0 heterocycles. The van der Waals surface area contributed by atoms with Gasteiger partial charge in [-0.1, -0.05) is 19.1 Å². The van der Waals surface area contributed by atoms with Gasteiger partial charge in [-0.15, -0.1) is 0 Å². The van der Waals surface area contributed by atoms with E-state index in [4.69, 9.17) is 0 Å². The van der Waals surface area contributed by atoms with Crippen LogP contribution in [0.1, 0.15) is 43.0 Å². The zero-order chi connectivity index (χ0) is 14.7. The van der Waals surface area contributed by atoms with Crippen LogP contribution in [0.2, 0.25) is 0 Å². The van der Waals surface area contributed by atoms with E-state index in [2.05, 4.69) is 6.92 Å². The van der Waals surface area contributed by atoms with Crippen LogP contribution < -0.4 is 4.90 Å². The highest BCUT2D eigenvalue weighted by Gasteiger charge is 2.28. The molecular weight excluding hydrogens is 254 g/mol. The SMILES string of the molecule is CC1CCC(C(=O)N(C)c2ccccc2C(=O)O)CC1. The molecule has 2 rings (SSSR count). The number of amides is 1. The Morgan fingerprint density at radius 3 is 2.35 bits per heavy atom. The average Bonchev–Trinajstić information content (AvgIpc) is 2.46. The van der Waals surface area contributed by atoms with Crippen molar-refractivity contribution in [3.05, 3.63) is 29.8 Å². The molecular formula is C16H21NO3. The standard InChI is InChI=1S/C16H21NO3/c1-11-7-9-12(10-8-11)15(18)17(2)14-6-4-3-5-13(14)16(19)20/h3-6,11-12H,7-10H2,1-2H3,(H,19,20). The van der Waals surface area contributed by atoms with E-state index in [0.717, 1.165) is 25.7 Å². The molecule has 0 bridgehead atoms. The van der Waals surface area contributed by atoms with Crippen LogP contribution in [0.5, 0.6) is 0 Å². The summed E-state index contributed by atoms with van der Waals surface area (Å²) >= 11 is 0. The molecule has 1 aromatic carbocycles. The van der Waals surface area contributed by atoms with Crippen molar-refractivity contribution in [1.82, 2.24) is 0 Å². The Morgan fingerprint density at radius 1 is 1.15 bits per heavy atom. The molecule has 0 atom stereocenters. The summed E-state index contributed by atoms with van der Waals surface area (Å²) in [5, 5.41) is 9.20. The van der Waals surface area contributed by atoms with Crippen LogP contribution in [-0.2, 0) is 4.79 Å². The van der Waals surface area contributed by atoms with Crippen molar-refractivity contribution in [2.75, 3.05) is 11.9 Å².